The van der Waals surface area contributed by atoms with Gasteiger partial charge in [-0.2, -0.15) is 0 Å². The molecule has 0 radical (unpaired) electrons. The lowest BCUT2D eigenvalue weighted by Gasteiger charge is -2.42. The Hall–Kier alpha value is -0.870. The summed E-state index contributed by atoms with van der Waals surface area (Å²) >= 11 is 0. The van der Waals surface area contributed by atoms with Gasteiger partial charge in [0.05, 0.1) is 25.4 Å². The van der Waals surface area contributed by atoms with E-state index in [9.17, 15) is 4.79 Å². The van der Waals surface area contributed by atoms with Crippen LogP contribution in [-0.2, 0) is 14.3 Å². The van der Waals surface area contributed by atoms with Gasteiger partial charge in [0.2, 0.25) is 5.91 Å². The average Bonchev–Trinajstić information content (AvgIpc) is 2.67. The zero-order chi connectivity index (χ0) is 10.0. The Morgan fingerprint density at radius 2 is 2.07 bits per heavy atom. The molecule has 1 unspecified atom stereocenters. The van der Waals surface area contributed by atoms with E-state index in [-0.39, 0.29) is 11.4 Å². The van der Waals surface area contributed by atoms with E-state index in [1.54, 1.807) is 0 Å². The normalized spacial score (nSPS) is 32.1. The van der Waals surface area contributed by atoms with Crippen molar-refractivity contribution in [3.63, 3.8) is 0 Å². The van der Waals surface area contributed by atoms with Gasteiger partial charge in [0.25, 0.3) is 0 Å². The summed E-state index contributed by atoms with van der Waals surface area (Å²) in [5, 5.41) is 0. The number of ether oxygens (including phenoxy) is 2. The van der Waals surface area contributed by atoms with Crippen LogP contribution in [0.25, 0.3) is 0 Å². The molecule has 0 aromatic heterocycles. The lowest BCUT2D eigenvalue weighted by atomic mass is 9.96. The van der Waals surface area contributed by atoms with E-state index in [2.05, 4.69) is 6.58 Å². The summed E-state index contributed by atoms with van der Waals surface area (Å²) < 4.78 is 10.8. The maximum absolute atomic E-state index is 11.6. The quantitative estimate of drug-likeness (QED) is 0.563. The maximum atomic E-state index is 11.6. The predicted octanol–water partition coefficient (Wildman–Crippen LogP) is 0.190. The Bertz CT molecular complexity index is 246. The number of morpholine rings is 1. The van der Waals surface area contributed by atoms with Gasteiger partial charge in [-0.15, -0.1) is 0 Å². The molecule has 2 saturated heterocycles. The number of nitrogens with zero attached hydrogens (tertiary/aromatic N) is 1. The van der Waals surface area contributed by atoms with E-state index < -0.39 is 0 Å². The van der Waals surface area contributed by atoms with Gasteiger partial charge in [0.1, 0.15) is 0 Å². The molecule has 2 rings (SSSR count). The molecule has 0 N–H and O–H groups in total. The van der Waals surface area contributed by atoms with Crippen molar-refractivity contribution in [2.75, 3.05) is 33.0 Å². The number of hydrogen-bond acceptors (Lipinski definition) is 3. The summed E-state index contributed by atoms with van der Waals surface area (Å²) in [6.45, 7) is 6.67. The Balaban J connectivity index is 2.18. The van der Waals surface area contributed by atoms with E-state index in [0.717, 1.165) is 6.42 Å². The van der Waals surface area contributed by atoms with E-state index >= 15 is 0 Å². The second-order valence-corrected chi connectivity index (χ2v) is 3.77. The molecular formula is C10H15NO3. The van der Waals surface area contributed by atoms with Crippen LogP contribution in [0.1, 0.15) is 6.42 Å². The van der Waals surface area contributed by atoms with Crippen LogP contribution < -0.4 is 0 Å². The average molecular weight is 197 g/mol. The fourth-order valence-electron chi connectivity index (χ4n) is 2.11. The van der Waals surface area contributed by atoms with Crippen LogP contribution in [0.5, 0.6) is 0 Å². The molecule has 2 aliphatic rings. The fraction of sp³-hybridized carbons (Fsp3) is 0.700. The molecule has 2 aliphatic heterocycles. The van der Waals surface area contributed by atoms with Gasteiger partial charge in [-0.1, -0.05) is 6.58 Å². The number of carbonyl (C=O) groups excluding carboxylic acids is 1. The van der Waals surface area contributed by atoms with Crippen LogP contribution in [0.4, 0.5) is 0 Å². The van der Waals surface area contributed by atoms with Crippen LogP contribution in [0, 0.1) is 0 Å². The molecule has 1 amide bonds. The minimum Gasteiger partial charge on any atom is -0.379 e. The molecule has 2 heterocycles. The first kappa shape index (κ1) is 9.68. The smallest absolute Gasteiger partial charge is 0.246 e. The summed E-state index contributed by atoms with van der Waals surface area (Å²) in [5.74, 6) is -0.0150. The van der Waals surface area contributed by atoms with Crippen LogP contribution >= 0.6 is 0 Å². The zero-order valence-corrected chi connectivity index (χ0v) is 8.20. The Labute approximate surface area is 83.5 Å². The number of hydrogen-bond donors (Lipinski definition) is 0. The van der Waals surface area contributed by atoms with Gasteiger partial charge >= 0.3 is 0 Å². The zero-order valence-electron chi connectivity index (χ0n) is 8.20. The van der Waals surface area contributed by atoms with E-state index in [1.807, 2.05) is 4.90 Å². The van der Waals surface area contributed by atoms with Crippen LogP contribution in [0.3, 0.4) is 0 Å². The van der Waals surface area contributed by atoms with Crippen LogP contribution in [0.2, 0.25) is 0 Å². The number of carbonyl (C=O) groups is 1. The standard InChI is InChI=1S/C10H15NO3/c1-2-9(12)11-4-6-14-8-10(11)3-5-13-7-10/h2H,1,3-8H2. The van der Waals surface area contributed by atoms with Crippen molar-refractivity contribution in [2.24, 2.45) is 0 Å². The third-order valence-electron chi connectivity index (χ3n) is 2.93. The SMILES string of the molecule is C=CC(=O)N1CCOCC12CCOC2. The molecular weight excluding hydrogens is 182 g/mol. The maximum Gasteiger partial charge on any atom is 0.246 e. The Morgan fingerprint density at radius 1 is 1.36 bits per heavy atom. The summed E-state index contributed by atoms with van der Waals surface area (Å²) in [6.07, 6.45) is 2.23. The van der Waals surface area contributed by atoms with Crippen molar-refractivity contribution in [1.82, 2.24) is 4.90 Å². The monoisotopic (exact) mass is 197 g/mol. The summed E-state index contributed by atoms with van der Waals surface area (Å²) in [7, 11) is 0. The first-order valence-electron chi connectivity index (χ1n) is 4.88. The van der Waals surface area contributed by atoms with Gasteiger partial charge in [0, 0.05) is 13.2 Å². The van der Waals surface area contributed by atoms with E-state index in [0.29, 0.717) is 33.0 Å². The van der Waals surface area contributed by atoms with Crippen molar-refractivity contribution >= 4 is 5.91 Å². The topological polar surface area (TPSA) is 38.8 Å². The number of rotatable bonds is 1. The van der Waals surface area contributed by atoms with Crippen molar-refractivity contribution in [2.45, 2.75) is 12.0 Å². The third kappa shape index (κ3) is 1.44. The minimum absolute atomic E-state index is 0.0150. The minimum atomic E-state index is -0.219. The van der Waals surface area contributed by atoms with Crippen molar-refractivity contribution in [1.29, 1.82) is 0 Å². The van der Waals surface area contributed by atoms with Gasteiger partial charge in [-0.25, -0.2) is 0 Å². The first-order chi connectivity index (χ1) is 6.78. The molecule has 0 aromatic rings. The highest BCUT2D eigenvalue weighted by Gasteiger charge is 2.44. The van der Waals surface area contributed by atoms with Gasteiger partial charge in [0.15, 0.2) is 0 Å². The van der Waals surface area contributed by atoms with Gasteiger partial charge in [-0.05, 0) is 12.5 Å². The summed E-state index contributed by atoms with van der Waals surface area (Å²) in [6, 6.07) is 0. The largest absolute Gasteiger partial charge is 0.379 e. The molecule has 0 aliphatic carbocycles. The highest BCUT2D eigenvalue weighted by Crippen LogP contribution is 2.29. The molecule has 14 heavy (non-hydrogen) atoms. The second kappa shape index (κ2) is 3.71. The summed E-state index contributed by atoms with van der Waals surface area (Å²) in [4.78, 5) is 13.5. The summed E-state index contributed by atoms with van der Waals surface area (Å²) in [5.41, 5.74) is -0.219. The van der Waals surface area contributed by atoms with Gasteiger partial charge < -0.3 is 14.4 Å². The van der Waals surface area contributed by atoms with Crippen molar-refractivity contribution in [3.8, 4) is 0 Å². The lowest BCUT2D eigenvalue weighted by molar-refractivity contribution is -0.144. The molecule has 78 valence electrons. The van der Waals surface area contributed by atoms with Gasteiger partial charge in [-0.3, -0.25) is 4.79 Å². The van der Waals surface area contributed by atoms with Crippen molar-refractivity contribution < 1.29 is 14.3 Å². The fourth-order valence-corrected chi connectivity index (χ4v) is 2.11. The molecule has 4 nitrogen and oxygen atoms in total. The molecule has 0 aromatic carbocycles. The van der Waals surface area contributed by atoms with E-state index in [4.69, 9.17) is 9.47 Å². The highest BCUT2D eigenvalue weighted by molar-refractivity contribution is 5.87. The second-order valence-electron chi connectivity index (χ2n) is 3.77. The first-order valence-corrected chi connectivity index (χ1v) is 4.88. The highest BCUT2D eigenvalue weighted by atomic mass is 16.5. The Morgan fingerprint density at radius 3 is 2.71 bits per heavy atom. The van der Waals surface area contributed by atoms with Crippen LogP contribution in [0.15, 0.2) is 12.7 Å². The molecule has 2 fully saturated rings. The Kier molecular flexibility index (Phi) is 2.56. The number of amides is 1. The molecule has 1 atom stereocenters. The van der Waals surface area contributed by atoms with Crippen molar-refractivity contribution in [3.05, 3.63) is 12.7 Å². The molecule has 0 saturated carbocycles. The molecule has 0 bridgehead atoms. The third-order valence-corrected chi connectivity index (χ3v) is 2.93. The molecule has 4 heteroatoms. The molecule has 1 spiro atoms. The lowest BCUT2D eigenvalue weighted by Crippen LogP contribution is -2.59. The van der Waals surface area contributed by atoms with Crippen LogP contribution in [-0.4, -0.2) is 49.3 Å². The van der Waals surface area contributed by atoms with E-state index in [1.165, 1.54) is 6.08 Å². The predicted molar refractivity (Wildman–Crippen MR) is 50.9 cm³/mol.